The minimum atomic E-state index is -0.345. The van der Waals surface area contributed by atoms with Crippen LogP contribution in [0.4, 0.5) is 4.39 Å². The van der Waals surface area contributed by atoms with E-state index < -0.39 is 0 Å². The predicted molar refractivity (Wildman–Crippen MR) is 98.2 cm³/mol. The summed E-state index contributed by atoms with van der Waals surface area (Å²) < 4.78 is 13.1. The van der Waals surface area contributed by atoms with Crippen molar-refractivity contribution in [2.24, 2.45) is 5.92 Å². The highest BCUT2D eigenvalue weighted by atomic mass is 19.1. The first-order valence-electron chi connectivity index (χ1n) is 9.35. The SMILES string of the molecule is O=C(c1ccc(F)cc1)N1CC[C@H]2[C@H](CCC(=O)N2Cc2cccnc2)C1. The summed E-state index contributed by atoms with van der Waals surface area (Å²) in [5.41, 5.74) is 1.53. The van der Waals surface area contributed by atoms with E-state index in [0.29, 0.717) is 31.6 Å². The largest absolute Gasteiger partial charge is 0.338 e. The van der Waals surface area contributed by atoms with Crippen LogP contribution in [0.2, 0.25) is 0 Å². The van der Waals surface area contributed by atoms with Crippen LogP contribution in [0.3, 0.4) is 0 Å². The van der Waals surface area contributed by atoms with Crippen LogP contribution in [-0.4, -0.2) is 45.7 Å². The second-order valence-electron chi connectivity index (χ2n) is 7.30. The minimum absolute atomic E-state index is 0.0656. The van der Waals surface area contributed by atoms with Crippen molar-refractivity contribution in [3.05, 3.63) is 65.7 Å². The predicted octanol–water partition coefficient (Wildman–Crippen LogP) is 2.87. The molecule has 0 aliphatic carbocycles. The first kappa shape index (κ1) is 17.6. The molecule has 140 valence electrons. The van der Waals surface area contributed by atoms with Crippen LogP contribution in [-0.2, 0) is 11.3 Å². The molecule has 2 aliphatic heterocycles. The van der Waals surface area contributed by atoms with Gasteiger partial charge in [0.05, 0.1) is 0 Å². The summed E-state index contributed by atoms with van der Waals surface area (Å²) in [6.07, 6.45) is 5.61. The summed E-state index contributed by atoms with van der Waals surface area (Å²) in [4.78, 5) is 33.2. The number of pyridine rings is 1. The van der Waals surface area contributed by atoms with Gasteiger partial charge in [-0.25, -0.2) is 4.39 Å². The zero-order valence-electron chi connectivity index (χ0n) is 15.1. The van der Waals surface area contributed by atoms with Crippen molar-refractivity contribution in [2.75, 3.05) is 13.1 Å². The van der Waals surface area contributed by atoms with E-state index in [2.05, 4.69) is 4.98 Å². The van der Waals surface area contributed by atoms with Crippen LogP contribution in [0.15, 0.2) is 48.8 Å². The maximum absolute atomic E-state index is 13.1. The van der Waals surface area contributed by atoms with Crippen molar-refractivity contribution in [3.63, 3.8) is 0 Å². The molecule has 0 saturated carbocycles. The third-order valence-corrected chi connectivity index (χ3v) is 5.60. The molecule has 2 atom stereocenters. The van der Waals surface area contributed by atoms with Gasteiger partial charge < -0.3 is 9.80 Å². The maximum atomic E-state index is 13.1. The molecule has 0 bridgehead atoms. The van der Waals surface area contributed by atoms with Gasteiger partial charge >= 0.3 is 0 Å². The Bertz CT molecular complexity index is 825. The van der Waals surface area contributed by atoms with Gasteiger partial charge in [-0.2, -0.15) is 0 Å². The normalized spacial score (nSPS) is 22.5. The third-order valence-electron chi connectivity index (χ3n) is 5.60. The molecule has 1 aromatic carbocycles. The first-order chi connectivity index (χ1) is 13.1. The average molecular weight is 367 g/mol. The molecule has 2 saturated heterocycles. The molecule has 0 spiro atoms. The molecule has 6 heteroatoms. The average Bonchev–Trinajstić information content (AvgIpc) is 2.70. The quantitative estimate of drug-likeness (QED) is 0.838. The number of hydrogen-bond donors (Lipinski definition) is 0. The van der Waals surface area contributed by atoms with Crippen molar-refractivity contribution in [1.82, 2.24) is 14.8 Å². The molecule has 0 unspecified atom stereocenters. The van der Waals surface area contributed by atoms with Crippen LogP contribution in [0.25, 0.3) is 0 Å². The molecule has 3 heterocycles. The number of rotatable bonds is 3. The van der Waals surface area contributed by atoms with Crippen LogP contribution in [0.5, 0.6) is 0 Å². The second kappa shape index (κ2) is 7.47. The zero-order chi connectivity index (χ0) is 18.8. The number of fused-ring (bicyclic) bond motifs is 1. The van der Waals surface area contributed by atoms with E-state index in [9.17, 15) is 14.0 Å². The Morgan fingerprint density at radius 2 is 2.00 bits per heavy atom. The van der Waals surface area contributed by atoms with Crippen molar-refractivity contribution in [2.45, 2.75) is 31.8 Å². The van der Waals surface area contributed by atoms with E-state index in [1.165, 1.54) is 24.3 Å². The highest BCUT2D eigenvalue weighted by Gasteiger charge is 2.40. The van der Waals surface area contributed by atoms with Crippen LogP contribution < -0.4 is 0 Å². The number of hydrogen-bond acceptors (Lipinski definition) is 3. The lowest BCUT2D eigenvalue weighted by atomic mass is 9.83. The Morgan fingerprint density at radius 1 is 1.19 bits per heavy atom. The smallest absolute Gasteiger partial charge is 0.253 e. The molecule has 27 heavy (non-hydrogen) atoms. The molecule has 2 aromatic rings. The van der Waals surface area contributed by atoms with Gasteiger partial charge in [-0.15, -0.1) is 0 Å². The molecule has 2 fully saturated rings. The molecule has 5 nitrogen and oxygen atoms in total. The van der Waals surface area contributed by atoms with Gasteiger partial charge in [0.15, 0.2) is 0 Å². The Labute approximate surface area is 157 Å². The van der Waals surface area contributed by atoms with Crippen molar-refractivity contribution >= 4 is 11.8 Å². The Hall–Kier alpha value is -2.76. The lowest BCUT2D eigenvalue weighted by Gasteiger charge is -2.47. The summed E-state index contributed by atoms with van der Waals surface area (Å²) in [5.74, 6) is 0.0437. The van der Waals surface area contributed by atoms with Crippen molar-refractivity contribution in [3.8, 4) is 0 Å². The van der Waals surface area contributed by atoms with E-state index in [0.717, 1.165) is 18.4 Å². The molecule has 0 N–H and O–H groups in total. The highest BCUT2D eigenvalue weighted by molar-refractivity contribution is 5.94. The van der Waals surface area contributed by atoms with Crippen LogP contribution in [0, 0.1) is 11.7 Å². The Kier molecular flexibility index (Phi) is 4.88. The zero-order valence-corrected chi connectivity index (χ0v) is 15.1. The lowest BCUT2D eigenvalue weighted by Crippen LogP contribution is -2.56. The lowest BCUT2D eigenvalue weighted by molar-refractivity contribution is -0.141. The van der Waals surface area contributed by atoms with E-state index in [1.54, 1.807) is 12.4 Å². The highest BCUT2D eigenvalue weighted by Crippen LogP contribution is 2.32. The van der Waals surface area contributed by atoms with Gasteiger partial charge in [0.25, 0.3) is 5.91 Å². The topological polar surface area (TPSA) is 53.5 Å². The Morgan fingerprint density at radius 3 is 2.74 bits per heavy atom. The fourth-order valence-corrected chi connectivity index (χ4v) is 4.20. The summed E-state index contributed by atoms with van der Waals surface area (Å²) in [6, 6.07) is 9.71. The summed E-state index contributed by atoms with van der Waals surface area (Å²) in [7, 11) is 0. The number of carbonyl (C=O) groups is 2. The van der Waals surface area contributed by atoms with Gasteiger partial charge in [-0.3, -0.25) is 14.6 Å². The van der Waals surface area contributed by atoms with Crippen molar-refractivity contribution in [1.29, 1.82) is 0 Å². The first-order valence-corrected chi connectivity index (χ1v) is 9.35. The number of aromatic nitrogens is 1. The number of halogens is 1. The van der Waals surface area contributed by atoms with Gasteiger partial charge in [-0.05, 0) is 54.7 Å². The third kappa shape index (κ3) is 3.70. The standard InChI is InChI=1S/C21H22FN3O2/c22-18-6-3-16(4-7-18)21(27)24-11-9-19-17(14-24)5-8-20(26)25(19)13-15-2-1-10-23-12-15/h1-4,6-7,10,12,17,19H,5,8-9,11,13-14H2/t17-,19+/m1/s1. The molecular weight excluding hydrogens is 345 g/mol. The molecule has 2 aliphatic rings. The van der Waals surface area contributed by atoms with E-state index >= 15 is 0 Å². The van der Waals surface area contributed by atoms with Crippen molar-refractivity contribution < 1.29 is 14.0 Å². The summed E-state index contributed by atoms with van der Waals surface area (Å²) >= 11 is 0. The fourth-order valence-electron chi connectivity index (χ4n) is 4.20. The van der Waals surface area contributed by atoms with E-state index in [4.69, 9.17) is 0 Å². The molecule has 2 amide bonds. The molecule has 4 rings (SSSR count). The second-order valence-corrected chi connectivity index (χ2v) is 7.30. The Balaban J connectivity index is 1.46. The van der Waals surface area contributed by atoms with Gasteiger partial charge in [0.1, 0.15) is 5.82 Å². The number of likely N-dealkylation sites (tertiary alicyclic amines) is 2. The summed E-state index contributed by atoms with van der Waals surface area (Å²) in [6.45, 7) is 1.81. The van der Waals surface area contributed by atoms with Crippen LogP contribution in [0.1, 0.15) is 35.2 Å². The number of piperidine rings is 2. The van der Waals surface area contributed by atoms with Gasteiger partial charge in [0, 0.05) is 50.1 Å². The number of carbonyl (C=O) groups excluding carboxylic acids is 2. The van der Waals surface area contributed by atoms with E-state index in [1.807, 2.05) is 21.9 Å². The number of amides is 2. The minimum Gasteiger partial charge on any atom is -0.338 e. The van der Waals surface area contributed by atoms with Gasteiger partial charge in [-0.1, -0.05) is 6.07 Å². The monoisotopic (exact) mass is 367 g/mol. The van der Waals surface area contributed by atoms with Gasteiger partial charge in [0.2, 0.25) is 5.91 Å². The maximum Gasteiger partial charge on any atom is 0.253 e. The van der Waals surface area contributed by atoms with Crippen LogP contribution >= 0.6 is 0 Å². The number of nitrogens with zero attached hydrogens (tertiary/aromatic N) is 3. The molecule has 0 radical (unpaired) electrons. The fraction of sp³-hybridized carbons (Fsp3) is 0.381. The van der Waals surface area contributed by atoms with E-state index in [-0.39, 0.29) is 29.6 Å². The summed E-state index contributed by atoms with van der Waals surface area (Å²) in [5, 5.41) is 0. The molecular formula is C21H22FN3O2. The molecule has 1 aromatic heterocycles. The number of benzene rings is 1.